The molecule has 3 aliphatic rings. The van der Waals surface area contributed by atoms with Crippen LogP contribution in [0.25, 0.3) is 16.7 Å². The highest BCUT2D eigenvalue weighted by Crippen LogP contribution is 2.45. The van der Waals surface area contributed by atoms with E-state index in [0.717, 1.165) is 41.8 Å². The lowest BCUT2D eigenvalue weighted by Crippen LogP contribution is -2.43. The quantitative estimate of drug-likeness (QED) is 0.424. The maximum absolute atomic E-state index is 13.2. The molecule has 0 saturated carbocycles. The van der Waals surface area contributed by atoms with Gasteiger partial charge in [0.05, 0.1) is 11.6 Å². The summed E-state index contributed by atoms with van der Waals surface area (Å²) in [6.45, 7) is 0.247. The zero-order valence-electron chi connectivity index (χ0n) is 18.8. The summed E-state index contributed by atoms with van der Waals surface area (Å²) < 4.78 is 45.3. The number of nitrogens with zero attached hydrogens (tertiary/aromatic N) is 2. The van der Waals surface area contributed by atoms with Crippen LogP contribution in [0.1, 0.15) is 47.4 Å². The van der Waals surface area contributed by atoms with E-state index in [1.807, 2.05) is 30.3 Å². The molecule has 3 heterocycles. The first-order chi connectivity index (χ1) is 16.9. The molecule has 7 heteroatoms. The van der Waals surface area contributed by atoms with Crippen LogP contribution in [0.5, 0.6) is 0 Å². The van der Waals surface area contributed by atoms with Gasteiger partial charge in [-0.25, -0.2) is 4.79 Å². The maximum Gasteiger partial charge on any atom is 0.417 e. The summed E-state index contributed by atoms with van der Waals surface area (Å²) >= 11 is 0. The zero-order valence-corrected chi connectivity index (χ0v) is 18.8. The van der Waals surface area contributed by atoms with Crippen molar-refractivity contribution in [3.05, 3.63) is 95.3 Å². The van der Waals surface area contributed by atoms with Crippen LogP contribution in [0.4, 0.5) is 18.0 Å². The van der Waals surface area contributed by atoms with Gasteiger partial charge in [-0.3, -0.25) is 9.88 Å². The average Bonchev–Trinajstić information content (AvgIpc) is 3.32. The van der Waals surface area contributed by atoms with Crippen molar-refractivity contribution in [3.8, 4) is 11.1 Å². The fourth-order valence-electron chi connectivity index (χ4n) is 5.77. The molecule has 2 aromatic carbocycles. The van der Waals surface area contributed by atoms with Crippen LogP contribution in [0, 0.1) is 0 Å². The van der Waals surface area contributed by atoms with Crippen LogP contribution in [0.2, 0.25) is 0 Å². The fraction of sp³-hybridized carbons (Fsp3) is 0.286. The molecule has 2 bridgehead atoms. The van der Waals surface area contributed by atoms with Gasteiger partial charge in [0.1, 0.15) is 6.61 Å². The zero-order chi connectivity index (χ0) is 24.2. The van der Waals surface area contributed by atoms with Gasteiger partial charge in [-0.05, 0) is 58.7 Å². The van der Waals surface area contributed by atoms with Gasteiger partial charge in [-0.15, -0.1) is 0 Å². The number of carbonyl (C=O) groups excluding carboxylic acids is 1. The number of aromatic nitrogens is 1. The number of carbonyl (C=O) groups is 1. The summed E-state index contributed by atoms with van der Waals surface area (Å²) in [4.78, 5) is 18.7. The predicted octanol–water partition coefficient (Wildman–Crippen LogP) is 6.67. The molecule has 1 aliphatic carbocycles. The average molecular weight is 476 g/mol. The summed E-state index contributed by atoms with van der Waals surface area (Å²) in [5, 5.41) is 0. The molecule has 1 aromatic heterocycles. The number of pyridine rings is 1. The second kappa shape index (κ2) is 8.26. The lowest BCUT2D eigenvalue weighted by molar-refractivity contribution is -0.137. The van der Waals surface area contributed by atoms with Crippen LogP contribution in [0.15, 0.2) is 73.1 Å². The lowest BCUT2D eigenvalue weighted by atomic mass is 9.95. The summed E-state index contributed by atoms with van der Waals surface area (Å²) in [5.74, 6) is -0.0175. The number of halogens is 3. The van der Waals surface area contributed by atoms with Gasteiger partial charge in [0.25, 0.3) is 0 Å². The molecule has 3 aromatic rings. The number of benzene rings is 2. The monoisotopic (exact) mass is 476 g/mol. The highest BCUT2D eigenvalue weighted by Gasteiger charge is 2.41. The third-order valence-corrected chi connectivity index (χ3v) is 7.38. The number of hydrogen-bond donors (Lipinski definition) is 0. The Hall–Kier alpha value is -3.61. The summed E-state index contributed by atoms with van der Waals surface area (Å²) in [5.41, 5.74) is 5.16. The maximum atomic E-state index is 13.2. The minimum absolute atomic E-state index is 0.0175. The Kier molecular flexibility index (Phi) is 5.16. The van der Waals surface area contributed by atoms with E-state index in [4.69, 9.17) is 4.74 Å². The van der Waals surface area contributed by atoms with Gasteiger partial charge in [0, 0.05) is 24.4 Å². The Balaban J connectivity index is 1.20. The topological polar surface area (TPSA) is 42.4 Å². The SMILES string of the molecule is O=C(OCC1c2ccccc2-c2ccccc21)N1C2C=C(c3cncc(C(F)(F)F)c3)CC1CC2. The Labute approximate surface area is 201 Å². The predicted molar refractivity (Wildman–Crippen MR) is 126 cm³/mol. The first-order valence-electron chi connectivity index (χ1n) is 11.8. The van der Waals surface area contributed by atoms with Crippen molar-refractivity contribution in [1.29, 1.82) is 0 Å². The molecule has 178 valence electrons. The second-order valence-electron chi connectivity index (χ2n) is 9.37. The highest BCUT2D eigenvalue weighted by atomic mass is 19.4. The van der Waals surface area contributed by atoms with E-state index < -0.39 is 11.7 Å². The van der Waals surface area contributed by atoms with Gasteiger partial charge in [-0.1, -0.05) is 54.6 Å². The number of alkyl halides is 3. The molecular weight excluding hydrogens is 453 g/mol. The molecule has 6 rings (SSSR count). The summed E-state index contributed by atoms with van der Waals surface area (Å²) in [6, 6.07) is 17.2. The number of fused-ring (bicyclic) bond motifs is 5. The van der Waals surface area contributed by atoms with Crippen molar-refractivity contribution in [1.82, 2.24) is 9.88 Å². The molecule has 2 aliphatic heterocycles. The number of rotatable bonds is 3. The van der Waals surface area contributed by atoms with E-state index >= 15 is 0 Å². The number of amides is 1. The Morgan fingerprint density at radius 1 is 1.00 bits per heavy atom. The van der Waals surface area contributed by atoms with Crippen LogP contribution in [0.3, 0.4) is 0 Å². The van der Waals surface area contributed by atoms with E-state index in [2.05, 4.69) is 29.2 Å². The van der Waals surface area contributed by atoms with Gasteiger partial charge >= 0.3 is 12.3 Å². The molecule has 4 nitrogen and oxygen atoms in total. The van der Waals surface area contributed by atoms with Crippen LogP contribution >= 0.6 is 0 Å². The van der Waals surface area contributed by atoms with Gasteiger partial charge in [0.2, 0.25) is 0 Å². The molecule has 1 amide bonds. The Bertz CT molecular complexity index is 1290. The normalized spacial score (nSPS) is 20.9. The van der Waals surface area contributed by atoms with E-state index in [0.29, 0.717) is 12.0 Å². The van der Waals surface area contributed by atoms with E-state index in [9.17, 15) is 18.0 Å². The van der Waals surface area contributed by atoms with Crippen molar-refractivity contribution < 1.29 is 22.7 Å². The van der Waals surface area contributed by atoms with Crippen molar-refractivity contribution >= 4 is 11.7 Å². The largest absolute Gasteiger partial charge is 0.448 e. The number of hydrogen-bond acceptors (Lipinski definition) is 3. The molecule has 2 atom stereocenters. The molecule has 2 unspecified atom stereocenters. The standard InChI is InChI=1S/C28H23F3N2O2/c29-28(30,31)19-11-18(14-32-15-19)17-12-20-9-10-21(13-17)33(20)27(34)35-16-26-24-7-3-1-5-22(24)23-6-2-4-8-25(23)26/h1-8,11-12,14-15,20-21,26H,9-10,13,16H2. The molecule has 0 N–H and O–H groups in total. The van der Waals surface area contributed by atoms with E-state index in [1.165, 1.54) is 17.3 Å². The van der Waals surface area contributed by atoms with Crippen molar-refractivity contribution in [2.45, 2.75) is 43.4 Å². The molecule has 35 heavy (non-hydrogen) atoms. The number of ether oxygens (including phenoxy) is 1. The molecule has 1 saturated heterocycles. The van der Waals surface area contributed by atoms with Gasteiger partial charge < -0.3 is 4.74 Å². The second-order valence-corrected chi connectivity index (χ2v) is 9.37. The molecule has 0 spiro atoms. The Morgan fingerprint density at radius 2 is 1.69 bits per heavy atom. The van der Waals surface area contributed by atoms with Gasteiger partial charge in [-0.2, -0.15) is 13.2 Å². The smallest absolute Gasteiger partial charge is 0.417 e. The van der Waals surface area contributed by atoms with E-state index in [1.54, 1.807) is 4.90 Å². The van der Waals surface area contributed by atoms with Crippen LogP contribution in [-0.4, -0.2) is 34.7 Å². The lowest BCUT2D eigenvalue weighted by Gasteiger charge is -2.33. The first kappa shape index (κ1) is 21.9. The third-order valence-electron chi connectivity index (χ3n) is 7.38. The summed E-state index contributed by atoms with van der Waals surface area (Å²) in [7, 11) is 0. The van der Waals surface area contributed by atoms with E-state index in [-0.39, 0.29) is 30.7 Å². The minimum Gasteiger partial charge on any atom is -0.448 e. The molecular formula is C28H23F3N2O2. The minimum atomic E-state index is -4.44. The van der Waals surface area contributed by atoms with Crippen molar-refractivity contribution in [2.75, 3.05) is 6.61 Å². The van der Waals surface area contributed by atoms with Crippen molar-refractivity contribution in [3.63, 3.8) is 0 Å². The first-order valence-corrected chi connectivity index (χ1v) is 11.8. The van der Waals surface area contributed by atoms with Crippen LogP contribution < -0.4 is 0 Å². The summed E-state index contributed by atoms with van der Waals surface area (Å²) in [6.07, 6.45) is 1.45. The van der Waals surface area contributed by atoms with Gasteiger partial charge in [0.15, 0.2) is 0 Å². The van der Waals surface area contributed by atoms with Crippen molar-refractivity contribution in [2.24, 2.45) is 0 Å². The molecule has 1 fully saturated rings. The van der Waals surface area contributed by atoms with Crippen LogP contribution in [-0.2, 0) is 10.9 Å². The molecule has 0 radical (unpaired) electrons. The fourth-order valence-corrected chi connectivity index (χ4v) is 5.77. The third kappa shape index (κ3) is 3.79. The highest BCUT2D eigenvalue weighted by molar-refractivity contribution is 5.79. The Morgan fingerprint density at radius 3 is 2.34 bits per heavy atom.